The molecule has 0 saturated carbocycles. The van der Waals surface area contributed by atoms with Crippen molar-refractivity contribution in [2.24, 2.45) is 10.9 Å². The number of carbonyl (C=O) groups is 2. The van der Waals surface area contributed by atoms with Crippen molar-refractivity contribution in [2.75, 3.05) is 26.7 Å². The molecule has 2 saturated heterocycles. The van der Waals surface area contributed by atoms with Gasteiger partial charge in [0, 0.05) is 31.2 Å². The van der Waals surface area contributed by atoms with Gasteiger partial charge in [0.25, 0.3) is 5.91 Å². The van der Waals surface area contributed by atoms with E-state index in [0.717, 1.165) is 36.4 Å². The van der Waals surface area contributed by atoms with E-state index in [9.17, 15) is 9.59 Å². The molecule has 0 aliphatic carbocycles. The molecular weight excluding hydrogens is 477 g/mol. The van der Waals surface area contributed by atoms with Gasteiger partial charge in [-0.2, -0.15) is 0 Å². The van der Waals surface area contributed by atoms with Gasteiger partial charge in [-0.3, -0.25) is 15.1 Å². The lowest BCUT2D eigenvalue weighted by molar-refractivity contribution is -0.125. The van der Waals surface area contributed by atoms with Crippen LogP contribution in [0.15, 0.2) is 16.1 Å². The highest BCUT2D eigenvalue weighted by molar-refractivity contribution is 14.0. The van der Waals surface area contributed by atoms with Crippen LogP contribution >= 0.6 is 39.9 Å². The summed E-state index contributed by atoms with van der Waals surface area (Å²) in [5.41, 5.74) is -0.801. The van der Waals surface area contributed by atoms with Gasteiger partial charge in [-0.1, -0.05) is 22.5 Å². The zero-order valence-electron chi connectivity index (χ0n) is 13.3. The molecule has 0 bridgehead atoms. The lowest BCUT2D eigenvalue weighted by atomic mass is 9.79. The number of carbonyl (C=O) groups excluding carboxylic acids is 2. The SMILES string of the molecule is C=C(Br)CNC(=NC)N1CCC(C2(C)NC(=O)NC2=O)CC1.I. The summed E-state index contributed by atoms with van der Waals surface area (Å²) in [6, 6.07) is -0.400. The fourth-order valence-electron chi connectivity index (χ4n) is 3.02. The minimum atomic E-state index is -0.801. The number of hydrogen-bond acceptors (Lipinski definition) is 3. The molecule has 23 heavy (non-hydrogen) atoms. The number of imide groups is 1. The van der Waals surface area contributed by atoms with Crippen LogP contribution in [0, 0.1) is 5.92 Å². The number of nitrogens with zero attached hydrogens (tertiary/aromatic N) is 2. The molecule has 1 unspecified atom stereocenters. The molecule has 2 fully saturated rings. The van der Waals surface area contributed by atoms with Crippen LogP contribution in [0.2, 0.25) is 0 Å². The van der Waals surface area contributed by atoms with Crippen LogP contribution in [-0.2, 0) is 4.79 Å². The average Bonchev–Trinajstić information content (AvgIpc) is 2.74. The van der Waals surface area contributed by atoms with Gasteiger partial charge in [-0.15, -0.1) is 24.0 Å². The minimum Gasteiger partial charge on any atom is -0.352 e. The van der Waals surface area contributed by atoms with Crippen LogP contribution in [0.4, 0.5) is 4.79 Å². The maximum atomic E-state index is 12.0. The quantitative estimate of drug-likeness (QED) is 0.237. The molecule has 2 heterocycles. The van der Waals surface area contributed by atoms with Gasteiger partial charge < -0.3 is 15.5 Å². The normalized spacial score (nSPS) is 25.5. The van der Waals surface area contributed by atoms with Crippen molar-refractivity contribution in [2.45, 2.75) is 25.3 Å². The highest BCUT2D eigenvalue weighted by Crippen LogP contribution is 2.30. The molecule has 7 nitrogen and oxygen atoms in total. The molecule has 2 aliphatic rings. The molecule has 0 aromatic heterocycles. The highest BCUT2D eigenvalue weighted by atomic mass is 127. The van der Waals surface area contributed by atoms with E-state index in [1.807, 2.05) is 0 Å². The Bertz CT molecular complexity index is 519. The summed E-state index contributed by atoms with van der Waals surface area (Å²) >= 11 is 3.31. The van der Waals surface area contributed by atoms with E-state index in [-0.39, 0.29) is 35.8 Å². The van der Waals surface area contributed by atoms with E-state index in [1.54, 1.807) is 14.0 Å². The second-order valence-corrected chi connectivity index (χ2v) is 6.91. The predicted molar refractivity (Wildman–Crippen MR) is 104 cm³/mol. The number of nitrogens with one attached hydrogen (secondary N) is 3. The number of urea groups is 1. The fourth-order valence-corrected chi connectivity index (χ4v) is 3.16. The molecule has 0 radical (unpaired) electrons. The van der Waals surface area contributed by atoms with Gasteiger partial charge >= 0.3 is 6.03 Å². The maximum Gasteiger partial charge on any atom is 0.322 e. The number of piperidine rings is 1. The molecule has 1 atom stereocenters. The highest BCUT2D eigenvalue weighted by Gasteiger charge is 2.48. The van der Waals surface area contributed by atoms with Gasteiger partial charge in [0.1, 0.15) is 5.54 Å². The Balaban J connectivity index is 0.00000264. The monoisotopic (exact) mass is 499 g/mol. The Hall–Kier alpha value is -0.840. The van der Waals surface area contributed by atoms with Crippen LogP contribution in [0.25, 0.3) is 0 Å². The van der Waals surface area contributed by atoms with Crippen LogP contribution in [-0.4, -0.2) is 55.0 Å². The number of amides is 3. The molecule has 3 amide bonds. The van der Waals surface area contributed by atoms with Crippen molar-refractivity contribution in [3.63, 3.8) is 0 Å². The lowest BCUT2D eigenvalue weighted by Gasteiger charge is -2.39. The van der Waals surface area contributed by atoms with Crippen molar-refractivity contribution in [3.8, 4) is 0 Å². The van der Waals surface area contributed by atoms with Gasteiger partial charge in [0.2, 0.25) is 0 Å². The molecule has 3 N–H and O–H groups in total. The fraction of sp³-hybridized carbons (Fsp3) is 0.643. The molecule has 0 aromatic rings. The van der Waals surface area contributed by atoms with E-state index in [0.29, 0.717) is 6.54 Å². The molecule has 130 valence electrons. The second-order valence-electron chi connectivity index (χ2n) is 5.79. The first-order valence-corrected chi connectivity index (χ1v) is 8.08. The van der Waals surface area contributed by atoms with Crippen LogP contribution < -0.4 is 16.0 Å². The van der Waals surface area contributed by atoms with Crippen molar-refractivity contribution in [1.29, 1.82) is 0 Å². The molecule has 2 aliphatic heterocycles. The average molecular weight is 500 g/mol. The second kappa shape index (κ2) is 8.32. The Kier molecular flexibility index (Phi) is 7.30. The number of aliphatic imine (C=N–C) groups is 1. The Morgan fingerprint density at radius 3 is 2.52 bits per heavy atom. The van der Waals surface area contributed by atoms with Gasteiger partial charge in [-0.05, 0) is 25.7 Å². The summed E-state index contributed by atoms with van der Waals surface area (Å²) in [6.07, 6.45) is 1.64. The first-order chi connectivity index (χ1) is 10.4. The molecule has 0 aromatic carbocycles. The van der Waals surface area contributed by atoms with Gasteiger partial charge in [-0.25, -0.2) is 4.79 Å². The van der Waals surface area contributed by atoms with Crippen molar-refractivity contribution >= 4 is 57.8 Å². The summed E-state index contributed by atoms with van der Waals surface area (Å²) in [4.78, 5) is 29.8. The van der Waals surface area contributed by atoms with Crippen LogP contribution in [0.1, 0.15) is 19.8 Å². The largest absolute Gasteiger partial charge is 0.352 e. The Morgan fingerprint density at radius 2 is 2.09 bits per heavy atom. The minimum absolute atomic E-state index is 0. The van der Waals surface area contributed by atoms with E-state index < -0.39 is 11.6 Å². The number of rotatable bonds is 3. The molecule has 2 rings (SSSR count). The first-order valence-electron chi connectivity index (χ1n) is 7.29. The third-order valence-corrected chi connectivity index (χ3v) is 4.61. The summed E-state index contributed by atoms with van der Waals surface area (Å²) in [5, 5.41) is 8.32. The smallest absolute Gasteiger partial charge is 0.322 e. The van der Waals surface area contributed by atoms with E-state index in [1.165, 1.54) is 0 Å². The van der Waals surface area contributed by atoms with E-state index >= 15 is 0 Å². The van der Waals surface area contributed by atoms with Crippen molar-refractivity contribution in [1.82, 2.24) is 20.9 Å². The number of likely N-dealkylation sites (tertiary alicyclic amines) is 1. The molecular formula is C14H23BrIN5O2. The third kappa shape index (κ3) is 4.59. The zero-order chi connectivity index (χ0) is 16.3. The summed E-state index contributed by atoms with van der Waals surface area (Å²) < 4.78 is 0.862. The number of halogens is 2. The van der Waals surface area contributed by atoms with E-state index in [4.69, 9.17) is 0 Å². The first kappa shape index (κ1) is 20.2. The number of guanidine groups is 1. The summed E-state index contributed by atoms with van der Waals surface area (Å²) in [6.45, 7) is 7.79. The summed E-state index contributed by atoms with van der Waals surface area (Å²) in [7, 11) is 1.75. The third-order valence-electron chi connectivity index (χ3n) is 4.33. The standard InChI is InChI=1S/C14H22BrN5O2.HI/c1-9(15)8-17-12(16-3)20-6-4-10(5-7-20)14(2)11(21)18-13(22)19-14;/h10H,1,4-8H2,2-3H3,(H,16,17)(H2,18,19,21,22);1H. The van der Waals surface area contributed by atoms with Gasteiger partial charge in [0.05, 0.1) is 0 Å². The van der Waals surface area contributed by atoms with Gasteiger partial charge in [0.15, 0.2) is 5.96 Å². The summed E-state index contributed by atoms with van der Waals surface area (Å²) in [5.74, 6) is 0.720. The molecule has 9 heteroatoms. The van der Waals surface area contributed by atoms with E-state index in [2.05, 4.69) is 48.4 Å². The van der Waals surface area contributed by atoms with Crippen LogP contribution in [0.5, 0.6) is 0 Å². The molecule has 0 spiro atoms. The maximum absolute atomic E-state index is 12.0. The number of hydrogen-bond donors (Lipinski definition) is 3. The topological polar surface area (TPSA) is 85.8 Å². The van der Waals surface area contributed by atoms with Crippen LogP contribution in [0.3, 0.4) is 0 Å². The Morgan fingerprint density at radius 1 is 1.48 bits per heavy atom. The Labute approximate surface area is 161 Å². The van der Waals surface area contributed by atoms with Crippen molar-refractivity contribution < 1.29 is 9.59 Å². The lowest BCUT2D eigenvalue weighted by Crippen LogP contribution is -2.55. The predicted octanol–water partition coefficient (Wildman–Crippen LogP) is 1.40. The van der Waals surface area contributed by atoms with Crippen molar-refractivity contribution in [3.05, 3.63) is 11.1 Å². The zero-order valence-corrected chi connectivity index (χ0v) is 17.2.